The van der Waals surface area contributed by atoms with Crippen molar-refractivity contribution < 1.29 is 4.79 Å². The predicted molar refractivity (Wildman–Crippen MR) is 95.2 cm³/mol. The van der Waals surface area contributed by atoms with Gasteiger partial charge in [0.25, 0.3) is 0 Å². The quantitative estimate of drug-likeness (QED) is 0.902. The molecule has 24 heavy (non-hydrogen) atoms. The Balaban J connectivity index is 1.78. The zero-order chi connectivity index (χ0) is 16.9. The summed E-state index contributed by atoms with van der Waals surface area (Å²) in [7, 11) is 0. The molecule has 0 saturated carbocycles. The lowest BCUT2D eigenvalue weighted by atomic mass is 10.3. The number of hydrogen-bond donors (Lipinski definition) is 1. The minimum absolute atomic E-state index is 0.0108. The van der Waals surface area contributed by atoms with E-state index < -0.39 is 0 Å². The standard InChI is InChI=1S/C18H26N4O2/c1-2-11-21-15-6-3-4-7-16(15)22(18(21)24)13-8-17(23)20-12-5-9-19-10-14-20/h3-4,6-7,19H,2,5,8-14H2,1H3. The molecule has 0 bridgehead atoms. The molecule has 1 fully saturated rings. The van der Waals surface area contributed by atoms with Gasteiger partial charge in [0.2, 0.25) is 5.91 Å². The van der Waals surface area contributed by atoms with E-state index in [-0.39, 0.29) is 11.6 Å². The number of aromatic nitrogens is 2. The fourth-order valence-electron chi connectivity index (χ4n) is 3.39. The van der Waals surface area contributed by atoms with Gasteiger partial charge in [-0.15, -0.1) is 0 Å². The first-order chi connectivity index (χ1) is 11.7. The molecule has 1 aliphatic heterocycles. The molecule has 1 saturated heterocycles. The van der Waals surface area contributed by atoms with Gasteiger partial charge in [-0.05, 0) is 31.5 Å². The summed E-state index contributed by atoms with van der Waals surface area (Å²) in [5.74, 6) is 0.137. The van der Waals surface area contributed by atoms with Gasteiger partial charge in [0, 0.05) is 39.1 Å². The van der Waals surface area contributed by atoms with Crippen molar-refractivity contribution in [1.29, 1.82) is 0 Å². The summed E-state index contributed by atoms with van der Waals surface area (Å²) < 4.78 is 3.56. The summed E-state index contributed by atoms with van der Waals surface area (Å²) in [5.41, 5.74) is 1.86. The van der Waals surface area contributed by atoms with Gasteiger partial charge in [-0.25, -0.2) is 4.79 Å². The molecule has 2 heterocycles. The number of amides is 1. The second-order valence-corrected chi connectivity index (χ2v) is 6.31. The Labute approximate surface area is 142 Å². The average Bonchev–Trinajstić information content (AvgIpc) is 2.78. The first kappa shape index (κ1) is 16.8. The Morgan fingerprint density at radius 1 is 1.08 bits per heavy atom. The van der Waals surface area contributed by atoms with Gasteiger partial charge in [-0.2, -0.15) is 0 Å². The summed E-state index contributed by atoms with van der Waals surface area (Å²) in [5, 5.41) is 3.30. The highest BCUT2D eigenvalue weighted by Crippen LogP contribution is 2.14. The monoisotopic (exact) mass is 330 g/mol. The number of benzene rings is 1. The van der Waals surface area contributed by atoms with Crippen molar-refractivity contribution in [3.63, 3.8) is 0 Å². The number of hydrogen-bond acceptors (Lipinski definition) is 3. The molecule has 3 rings (SSSR count). The van der Waals surface area contributed by atoms with Gasteiger partial charge >= 0.3 is 5.69 Å². The van der Waals surface area contributed by atoms with E-state index in [1.165, 1.54) is 0 Å². The molecule has 6 heteroatoms. The van der Waals surface area contributed by atoms with Crippen LogP contribution in [0.15, 0.2) is 29.1 Å². The largest absolute Gasteiger partial charge is 0.341 e. The van der Waals surface area contributed by atoms with Crippen molar-refractivity contribution in [2.75, 3.05) is 26.2 Å². The third-order valence-corrected chi connectivity index (χ3v) is 4.61. The molecular formula is C18H26N4O2. The van der Waals surface area contributed by atoms with Crippen LogP contribution in [0.2, 0.25) is 0 Å². The maximum absolute atomic E-state index is 12.7. The Hall–Kier alpha value is -2.08. The average molecular weight is 330 g/mol. The lowest BCUT2D eigenvalue weighted by molar-refractivity contribution is -0.131. The van der Waals surface area contributed by atoms with E-state index in [1.807, 2.05) is 33.7 Å². The van der Waals surface area contributed by atoms with Crippen molar-refractivity contribution in [3.05, 3.63) is 34.7 Å². The summed E-state index contributed by atoms with van der Waals surface area (Å²) in [4.78, 5) is 27.1. The number of aryl methyl sites for hydroxylation is 2. The van der Waals surface area contributed by atoms with Gasteiger partial charge in [-0.1, -0.05) is 19.1 Å². The number of rotatable bonds is 5. The molecule has 1 aromatic carbocycles. The van der Waals surface area contributed by atoms with Crippen LogP contribution in [0.1, 0.15) is 26.2 Å². The van der Waals surface area contributed by atoms with Crippen LogP contribution in [0, 0.1) is 0 Å². The van der Waals surface area contributed by atoms with Crippen LogP contribution in [0.25, 0.3) is 11.0 Å². The van der Waals surface area contributed by atoms with Crippen LogP contribution in [-0.2, 0) is 17.9 Å². The fourth-order valence-corrected chi connectivity index (χ4v) is 3.39. The Kier molecular flexibility index (Phi) is 5.35. The van der Waals surface area contributed by atoms with Crippen LogP contribution >= 0.6 is 0 Å². The highest BCUT2D eigenvalue weighted by Gasteiger charge is 2.17. The maximum atomic E-state index is 12.7. The molecule has 0 aliphatic carbocycles. The lowest BCUT2D eigenvalue weighted by Gasteiger charge is -2.19. The van der Waals surface area contributed by atoms with E-state index in [1.54, 1.807) is 4.57 Å². The van der Waals surface area contributed by atoms with Crippen molar-refractivity contribution in [1.82, 2.24) is 19.4 Å². The molecule has 1 aromatic heterocycles. The van der Waals surface area contributed by atoms with Gasteiger partial charge in [-0.3, -0.25) is 13.9 Å². The number of carbonyl (C=O) groups excluding carboxylic acids is 1. The maximum Gasteiger partial charge on any atom is 0.329 e. The molecule has 130 valence electrons. The molecule has 0 atom stereocenters. The number of imidazole rings is 1. The second-order valence-electron chi connectivity index (χ2n) is 6.31. The van der Waals surface area contributed by atoms with Crippen molar-refractivity contribution in [2.24, 2.45) is 0 Å². The van der Waals surface area contributed by atoms with Crippen molar-refractivity contribution in [2.45, 2.75) is 39.3 Å². The number of nitrogens with one attached hydrogen (secondary N) is 1. The number of carbonyl (C=O) groups is 1. The van der Waals surface area contributed by atoms with Crippen LogP contribution in [-0.4, -0.2) is 46.1 Å². The van der Waals surface area contributed by atoms with Crippen molar-refractivity contribution >= 4 is 16.9 Å². The third kappa shape index (κ3) is 3.38. The van der Waals surface area contributed by atoms with Crippen LogP contribution in [0.3, 0.4) is 0 Å². The van der Waals surface area contributed by atoms with Gasteiger partial charge in [0.05, 0.1) is 11.0 Å². The summed E-state index contributed by atoms with van der Waals surface area (Å²) in [6, 6.07) is 7.83. The minimum Gasteiger partial charge on any atom is -0.341 e. The molecule has 1 N–H and O–H groups in total. The smallest absolute Gasteiger partial charge is 0.329 e. The highest BCUT2D eigenvalue weighted by atomic mass is 16.2. The molecule has 1 aliphatic rings. The molecule has 2 aromatic rings. The number of para-hydroxylation sites is 2. The predicted octanol–water partition coefficient (Wildman–Crippen LogP) is 1.43. The number of nitrogens with zero attached hydrogens (tertiary/aromatic N) is 3. The topological polar surface area (TPSA) is 59.3 Å². The zero-order valence-corrected chi connectivity index (χ0v) is 14.3. The molecular weight excluding hydrogens is 304 g/mol. The van der Waals surface area contributed by atoms with E-state index in [2.05, 4.69) is 12.2 Å². The van der Waals surface area contributed by atoms with Gasteiger partial charge in [0.1, 0.15) is 0 Å². The van der Waals surface area contributed by atoms with Crippen molar-refractivity contribution in [3.8, 4) is 0 Å². The van der Waals surface area contributed by atoms with Gasteiger partial charge < -0.3 is 10.2 Å². The van der Waals surface area contributed by atoms with Crippen LogP contribution < -0.4 is 11.0 Å². The van der Waals surface area contributed by atoms with E-state index in [9.17, 15) is 9.59 Å². The second kappa shape index (κ2) is 7.66. The van der Waals surface area contributed by atoms with E-state index in [0.717, 1.165) is 50.1 Å². The lowest BCUT2D eigenvalue weighted by Crippen LogP contribution is -2.35. The van der Waals surface area contributed by atoms with Crippen LogP contribution in [0.5, 0.6) is 0 Å². The molecule has 0 radical (unpaired) electrons. The summed E-state index contributed by atoms with van der Waals surface area (Å²) >= 11 is 0. The van der Waals surface area contributed by atoms with E-state index in [4.69, 9.17) is 0 Å². The number of fused-ring (bicyclic) bond motifs is 1. The zero-order valence-electron chi connectivity index (χ0n) is 14.3. The van der Waals surface area contributed by atoms with E-state index in [0.29, 0.717) is 19.5 Å². The highest BCUT2D eigenvalue weighted by molar-refractivity contribution is 5.78. The first-order valence-electron chi connectivity index (χ1n) is 8.89. The first-order valence-corrected chi connectivity index (χ1v) is 8.89. The van der Waals surface area contributed by atoms with Gasteiger partial charge in [0.15, 0.2) is 0 Å². The minimum atomic E-state index is -0.0108. The fraction of sp³-hybridized carbons (Fsp3) is 0.556. The summed E-state index contributed by atoms with van der Waals surface area (Å²) in [6.45, 7) is 6.59. The normalized spacial score (nSPS) is 15.6. The SMILES string of the molecule is CCCn1c(=O)n(CCC(=O)N2CCCNCC2)c2ccccc21. The molecule has 6 nitrogen and oxygen atoms in total. The Morgan fingerprint density at radius 2 is 1.79 bits per heavy atom. The van der Waals surface area contributed by atoms with Crippen LogP contribution in [0.4, 0.5) is 0 Å². The molecule has 0 unspecified atom stereocenters. The van der Waals surface area contributed by atoms with E-state index >= 15 is 0 Å². The Bertz CT molecular complexity index is 754. The summed E-state index contributed by atoms with van der Waals surface area (Å²) in [6.07, 6.45) is 2.27. The molecule has 1 amide bonds. The third-order valence-electron chi connectivity index (χ3n) is 4.61. The Morgan fingerprint density at radius 3 is 2.50 bits per heavy atom. The molecule has 0 spiro atoms.